The Labute approximate surface area is 168 Å². The van der Waals surface area contributed by atoms with Crippen molar-refractivity contribution in [2.24, 2.45) is 16.7 Å². The summed E-state index contributed by atoms with van der Waals surface area (Å²) in [7, 11) is 1.52. The van der Waals surface area contributed by atoms with Gasteiger partial charge in [-0.3, -0.25) is 9.88 Å². The molecule has 2 heterocycles. The number of rotatable bonds is 5. The lowest BCUT2D eigenvalue weighted by atomic mass is 10.1. The van der Waals surface area contributed by atoms with Gasteiger partial charge in [0.25, 0.3) is 0 Å². The molecule has 0 radical (unpaired) electrons. The van der Waals surface area contributed by atoms with Crippen LogP contribution < -0.4 is 16.5 Å². The Morgan fingerprint density at radius 2 is 2.14 bits per heavy atom. The summed E-state index contributed by atoms with van der Waals surface area (Å²) in [5, 5.41) is 14.0. The maximum absolute atomic E-state index is 14.6. The fourth-order valence-electron chi connectivity index (χ4n) is 2.66. The predicted molar refractivity (Wildman–Crippen MR) is 108 cm³/mol. The maximum atomic E-state index is 14.6. The minimum absolute atomic E-state index is 0.133. The summed E-state index contributed by atoms with van der Waals surface area (Å²) in [6.45, 7) is 3.88. The van der Waals surface area contributed by atoms with E-state index in [0.717, 1.165) is 5.12 Å². The fourth-order valence-corrected chi connectivity index (χ4v) is 2.66. The second-order valence-electron chi connectivity index (χ2n) is 5.95. The van der Waals surface area contributed by atoms with Crippen LogP contribution in [0.5, 0.6) is 0 Å². The predicted octanol–water partition coefficient (Wildman–Crippen LogP) is 1.66. The van der Waals surface area contributed by atoms with Crippen molar-refractivity contribution in [3.8, 4) is 11.1 Å². The first-order valence-corrected chi connectivity index (χ1v) is 9.07. The number of aliphatic hydroxyl groups excluding tert-OH is 1. The number of carbonyl (C=O) groups excluding carboxylic acids is 1. The summed E-state index contributed by atoms with van der Waals surface area (Å²) in [6, 6.07) is 7.65. The largest absolute Gasteiger partial charge is 0.441 e. The number of benzene rings is 1. The number of amides is 1. The second-order valence-corrected chi connectivity index (χ2v) is 5.95. The number of anilines is 1. The van der Waals surface area contributed by atoms with Crippen molar-refractivity contribution >= 4 is 17.6 Å². The van der Waals surface area contributed by atoms with E-state index in [9.17, 15) is 9.18 Å². The van der Waals surface area contributed by atoms with Gasteiger partial charge in [0.2, 0.25) is 0 Å². The van der Waals surface area contributed by atoms with Gasteiger partial charge >= 0.3 is 6.09 Å². The zero-order valence-electron chi connectivity index (χ0n) is 16.5. The molecule has 0 bridgehead atoms. The van der Waals surface area contributed by atoms with Gasteiger partial charge in [-0.05, 0) is 24.3 Å². The number of halogens is 1. The number of nitrogens with zero attached hydrogens (tertiary/aromatic N) is 4. The highest BCUT2D eigenvalue weighted by atomic mass is 19.1. The average Bonchev–Trinajstić information content (AvgIpc) is 3.10. The van der Waals surface area contributed by atoms with Gasteiger partial charge in [-0.25, -0.2) is 20.1 Å². The van der Waals surface area contributed by atoms with Gasteiger partial charge in [0.05, 0.1) is 18.8 Å². The molecule has 1 aliphatic rings. The number of aromatic nitrogens is 1. The van der Waals surface area contributed by atoms with E-state index in [4.69, 9.17) is 21.4 Å². The Bertz CT molecular complexity index is 873. The van der Waals surface area contributed by atoms with Crippen molar-refractivity contribution in [3.63, 3.8) is 0 Å². The molecule has 2 aromatic rings. The first-order valence-electron chi connectivity index (χ1n) is 9.07. The van der Waals surface area contributed by atoms with Crippen LogP contribution in [0.25, 0.3) is 11.1 Å². The molecule has 1 fully saturated rings. The van der Waals surface area contributed by atoms with Crippen LogP contribution in [0.1, 0.15) is 19.5 Å². The van der Waals surface area contributed by atoms with Gasteiger partial charge in [-0.2, -0.15) is 0 Å². The fraction of sp³-hybridized carbons (Fsp3) is 0.316. The molecule has 0 aliphatic carbocycles. The van der Waals surface area contributed by atoms with E-state index >= 15 is 0 Å². The molecule has 3 rings (SSSR count). The third-order valence-electron chi connectivity index (χ3n) is 3.94. The summed E-state index contributed by atoms with van der Waals surface area (Å²) in [4.78, 5) is 17.3. The SMILES string of the molecule is CC.CN(N)/N=C(\N)c1ccc(-c2ccc(N3CC(CO)OC3=O)cc2F)cn1. The highest BCUT2D eigenvalue weighted by Crippen LogP contribution is 2.28. The molecule has 156 valence electrons. The number of ether oxygens (including phenoxy) is 1. The summed E-state index contributed by atoms with van der Waals surface area (Å²) >= 11 is 0. The van der Waals surface area contributed by atoms with Crippen LogP contribution in [-0.2, 0) is 4.74 Å². The molecule has 0 saturated carbocycles. The van der Waals surface area contributed by atoms with Gasteiger partial charge in [-0.1, -0.05) is 19.9 Å². The summed E-state index contributed by atoms with van der Waals surface area (Å²) < 4.78 is 19.6. The van der Waals surface area contributed by atoms with Crippen molar-refractivity contribution in [1.29, 1.82) is 0 Å². The lowest BCUT2D eigenvalue weighted by molar-refractivity contribution is 0.0963. The van der Waals surface area contributed by atoms with E-state index in [1.807, 2.05) is 13.8 Å². The summed E-state index contributed by atoms with van der Waals surface area (Å²) in [6.07, 6.45) is 0.238. The van der Waals surface area contributed by atoms with Crippen molar-refractivity contribution in [2.75, 3.05) is 25.1 Å². The third-order valence-corrected chi connectivity index (χ3v) is 3.94. The molecule has 1 amide bonds. The summed E-state index contributed by atoms with van der Waals surface area (Å²) in [5.74, 6) is 5.01. The smallest absolute Gasteiger partial charge is 0.414 e. The van der Waals surface area contributed by atoms with Gasteiger partial charge in [0.1, 0.15) is 17.6 Å². The molecule has 1 aliphatic heterocycles. The number of nitrogens with two attached hydrogens (primary N) is 2. The van der Waals surface area contributed by atoms with E-state index < -0.39 is 18.0 Å². The number of pyridine rings is 1. The number of cyclic esters (lactones) is 1. The van der Waals surface area contributed by atoms with Gasteiger partial charge in [0.15, 0.2) is 5.84 Å². The molecular weight excluding hydrogens is 379 g/mol. The topological polar surface area (TPSA) is 130 Å². The zero-order chi connectivity index (χ0) is 21.6. The Morgan fingerprint density at radius 1 is 1.41 bits per heavy atom. The highest BCUT2D eigenvalue weighted by Gasteiger charge is 2.32. The van der Waals surface area contributed by atoms with Gasteiger partial charge in [0, 0.05) is 24.4 Å². The number of aliphatic hydroxyl groups is 1. The Morgan fingerprint density at radius 3 is 2.66 bits per heavy atom. The number of hydrogen-bond acceptors (Lipinski definition) is 7. The molecule has 10 heteroatoms. The van der Waals surface area contributed by atoms with Crippen LogP contribution in [0.15, 0.2) is 41.6 Å². The Balaban J connectivity index is 0.00000145. The first-order chi connectivity index (χ1) is 13.9. The minimum Gasteiger partial charge on any atom is -0.441 e. The molecule has 1 aromatic heterocycles. The van der Waals surface area contributed by atoms with Crippen molar-refractivity contribution in [1.82, 2.24) is 10.1 Å². The number of hydrogen-bond donors (Lipinski definition) is 3. The maximum Gasteiger partial charge on any atom is 0.414 e. The minimum atomic E-state index is -0.619. The molecule has 29 heavy (non-hydrogen) atoms. The standard InChI is InChI=1S/C17H19FN6O3.C2H6/c1-23(20)22-16(19)15-5-2-10(7-21-15)13-4-3-11(6-14(13)18)24-8-12(9-25)27-17(24)26;1-2/h2-7,12,25H,8-9,20H2,1H3,(H2,19,22);1-2H3. The molecular formula is C19H25FN6O3. The van der Waals surface area contributed by atoms with Crippen LogP contribution in [0, 0.1) is 5.82 Å². The number of hydrazine groups is 1. The molecule has 0 spiro atoms. The van der Waals surface area contributed by atoms with E-state index in [1.54, 1.807) is 24.3 Å². The van der Waals surface area contributed by atoms with Gasteiger partial charge < -0.3 is 15.6 Å². The molecule has 9 nitrogen and oxygen atoms in total. The molecule has 1 saturated heterocycles. The Kier molecular flexibility index (Phi) is 7.46. The second kappa shape index (κ2) is 9.80. The normalized spacial score (nSPS) is 16.2. The number of carbonyl (C=O) groups is 1. The lowest BCUT2D eigenvalue weighted by Crippen LogP contribution is -2.26. The van der Waals surface area contributed by atoms with Crippen molar-refractivity contribution < 1.29 is 19.0 Å². The van der Waals surface area contributed by atoms with Crippen LogP contribution in [0.3, 0.4) is 0 Å². The highest BCUT2D eigenvalue weighted by molar-refractivity contribution is 5.95. The number of hydrazone groups is 1. The van der Waals surface area contributed by atoms with Gasteiger partial charge in [-0.15, -0.1) is 5.10 Å². The molecule has 1 aromatic carbocycles. The lowest BCUT2D eigenvalue weighted by Gasteiger charge is -2.14. The van der Waals surface area contributed by atoms with Crippen LogP contribution in [-0.4, -0.2) is 53.4 Å². The van der Waals surface area contributed by atoms with Crippen LogP contribution >= 0.6 is 0 Å². The van der Waals surface area contributed by atoms with E-state index in [2.05, 4.69) is 10.1 Å². The summed E-state index contributed by atoms with van der Waals surface area (Å²) in [5.41, 5.74) is 7.37. The van der Waals surface area contributed by atoms with E-state index in [0.29, 0.717) is 22.5 Å². The molecule has 5 N–H and O–H groups in total. The quantitative estimate of drug-likeness (QED) is 0.299. The number of amidine groups is 1. The Hall–Kier alpha value is -3.24. The van der Waals surface area contributed by atoms with Crippen LogP contribution in [0.4, 0.5) is 14.9 Å². The monoisotopic (exact) mass is 404 g/mol. The van der Waals surface area contributed by atoms with E-state index in [1.165, 1.54) is 24.2 Å². The zero-order valence-corrected chi connectivity index (χ0v) is 16.5. The van der Waals surface area contributed by atoms with Crippen molar-refractivity contribution in [3.05, 3.63) is 48.0 Å². The van der Waals surface area contributed by atoms with Crippen molar-refractivity contribution in [2.45, 2.75) is 20.0 Å². The third kappa shape index (κ3) is 5.18. The molecule has 1 atom stereocenters. The first kappa shape index (κ1) is 22.1. The molecule has 1 unspecified atom stereocenters. The average molecular weight is 404 g/mol. The van der Waals surface area contributed by atoms with Crippen LogP contribution in [0.2, 0.25) is 0 Å². The van der Waals surface area contributed by atoms with E-state index in [-0.39, 0.29) is 19.0 Å².